The fourth-order valence-electron chi connectivity index (χ4n) is 3.51. The van der Waals surface area contributed by atoms with Crippen LogP contribution < -0.4 is 5.73 Å². The number of hydrogen-bond donors (Lipinski definition) is 1. The first-order valence-electron chi connectivity index (χ1n) is 7.62. The molecule has 2 rings (SSSR count). The molecule has 2 N–H and O–H groups in total. The molecule has 0 aromatic carbocycles. The van der Waals surface area contributed by atoms with Gasteiger partial charge >= 0.3 is 0 Å². The first-order chi connectivity index (χ1) is 8.61. The molecule has 18 heavy (non-hydrogen) atoms. The van der Waals surface area contributed by atoms with Gasteiger partial charge in [0.1, 0.15) is 0 Å². The van der Waals surface area contributed by atoms with Crippen molar-refractivity contribution < 1.29 is 4.79 Å². The second kappa shape index (κ2) is 6.05. The fourth-order valence-corrected chi connectivity index (χ4v) is 3.51. The van der Waals surface area contributed by atoms with Crippen LogP contribution in [0.4, 0.5) is 0 Å². The molecule has 2 aliphatic rings. The summed E-state index contributed by atoms with van der Waals surface area (Å²) < 4.78 is 0. The van der Waals surface area contributed by atoms with E-state index in [1.807, 2.05) is 0 Å². The molecule has 2 unspecified atom stereocenters. The third-order valence-corrected chi connectivity index (χ3v) is 4.90. The normalized spacial score (nSPS) is 37.6. The molecule has 2 fully saturated rings. The van der Waals surface area contributed by atoms with Crippen molar-refractivity contribution in [3.63, 3.8) is 0 Å². The zero-order valence-electron chi connectivity index (χ0n) is 11.9. The van der Waals surface area contributed by atoms with E-state index in [0.717, 1.165) is 38.1 Å². The molecule has 0 bridgehead atoms. The van der Waals surface area contributed by atoms with E-state index >= 15 is 0 Å². The van der Waals surface area contributed by atoms with Gasteiger partial charge in [-0.25, -0.2) is 0 Å². The standard InChI is InChI=1S/C15H28N2O/c1-11-3-5-13(6-4-11)15(18)17-8-7-12(2)9-14(17)10-16/h11-14H,3-10,16H2,1-2H3. The molecular weight excluding hydrogens is 224 g/mol. The quantitative estimate of drug-likeness (QED) is 0.820. The first kappa shape index (κ1) is 13.9. The maximum Gasteiger partial charge on any atom is 0.225 e. The average molecular weight is 252 g/mol. The van der Waals surface area contributed by atoms with Gasteiger partial charge in [0, 0.05) is 25.0 Å². The van der Waals surface area contributed by atoms with Crippen LogP contribution in [0.5, 0.6) is 0 Å². The summed E-state index contributed by atoms with van der Waals surface area (Å²) in [6.45, 7) is 6.12. The topological polar surface area (TPSA) is 46.3 Å². The molecule has 104 valence electrons. The highest BCUT2D eigenvalue weighted by atomic mass is 16.2. The number of carbonyl (C=O) groups is 1. The molecule has 3 nitrogen and oxygen atoms in total. The minimum Gasteiger partial charge on any atom is -0.338 e. The molecule has 0 radical (unpaired) electrons. The summed E-state index contributed by atoms with van der Waals surface area (Å²) in [6.07, 6.45) is 6.84. The van der Waals surface area contributed by atoms with E-state index in [1.54, 1.807) is 0 Å². The molecule has 0 aromatic heterocycles. The van der Waals surface area contributed by atoms with Crippen LogP contribution in [0.15, 0.2) is 0 Å². The van der Waals surface area contributed by atoms with Gasteiger partial charge in [-0.1, -0.05) is 13.8 Å². The second-order valence-corrected chi connectivity index (χ2v) is 6.51. The van der Waals surface area contributed by atoms with Crippen LogP contribution in [0.3, 0.4) is 0 Å². The Kier molecular flexibility index (Phi) is 4.66. The SMILES string of the molecule is CC1CCC(C(=O)N2CCC(C)CC2CN)CC1. The van der Waals surface area contributed by atoms with E-state index in [-0.39, 0.29) is 5.92 Å². The summed E-state index contributed by atoms with van der Waals surface area (Å²) in [5.74, 6) is 2.20. The molecule has 1 saturated heterocycles. The molecule has 3 heteroatoms. The van der Waals surface area contributed by atoms with E-state index in [9.17, 15) is 4.79 Å². The van der Waals surface area contributed by atoms with Crippen molar-refractivity contribution in [2.24, 2.45) is 23.5 Å². The Hall–Kier alpha value is -0.570. The Morgan fingerprint density at radius 1 is 1.11 bits per heavy atom. The Morgan fingerprint density at radius 2 is 1.78 bits per heavy atom. The van der Waals surface area contributed by atoms with E-state index in [2.05, 4.69) is 18.7 Å². The number of nitrogens with two attached hydrogens (primary N) is 1. The number of nitrogens with zero attached hydrogens (tertiary/aromatic N) is 1. The largest absolute Gasteiger partial charge is 0.338 e. The molecule has 2 atom stereocenters. The van der Waals surface area contributed by atoms with Gasteiger partial charge in [-0.3, -0.25) is 4.79 Å². The average Bonchev–Trinajstić information content (AvgIpc) is 2.38. The predicted octanol–water partition coefficient (Wildman–Crippen LogP) is 2.40. The van der Waals surface area contributed by atoms with Gasteiger partial charge < -0.3 is 10.6 Å². The lowest BCUT2D eigenvalue weighted by Crippen LogP contribution is -2.51. The van der Waals surface area contributed by atoms with Gasteiger partial charge in [0.25, 0.3) is 0 Å². The number of amides is 1. The highest BCUT2D eigenvalue weighted by molar-refractivity contribution is 5.79. The third-order valence-electron chi connectivity index (χ3n) is 4.90. The summed E-state index contributed by atoms with van der Waals surface area (Å²) in [7, 11) is 0. The lowest BCUT2D eigenvalue weighted by molar-refractivity contribution is -0.141. The van der Waals surface area contributed by atoms with Crippen molar-refractivity contribution in [3.8, 4) is 0 Å². The summed E-state index contributed by atoms with van der Waals surface area (Å²) in [6, 6.07) is 0.292. The molecule has 1 heterocycles. The van der Waals surface area contributed by atoms with Crippen molar-refractivity contribution in [2.45, 2.75) is 58.4 Å². The Bertz CT molecular complexity index is 284. The number of hydrogen-bond acceptors (Lipinski definition) is 2. The summed E-state index contributed by atoms with van der Waals surface area (Å²) >= 11 is 0. The zero-order chi connectivity index (χ0) is 13.1. The molecule has 1 saturated carbocycles. The fraction of sp³-hybridized carbons (Fsp3) is 0.933. The van der Waals surface area contributed by atoms with Crippen molar-refractivity contribution in [1.82, 2.24) is 4.90 Å². The van der Waals surface area contributed by atoms with E-state index in [4.69, 9.17) is 5.73 Å². The third kappa shape index (κ3) is 3.05. The van der Waals surface area contributed by atoms with Crippen LogP contribution in [0, 0.1) is 17.8 Å². The van der Waals surface area contributed by atoms with Crippen LogP contribution in [-0.2, 0) is 4.79 Å². The predicted molar refractivity (Wildman–Crippen MR) is 74.1 cm³/mol. The van der Waals surface area contributed by atoms with Gasteiger partial charge in [-0.05, 0) is 50.4 Å². The maximum absolute atomic E-state index is 12.6. The molecule has 0 aromatic rings. The van der Waals surface area contributed by atoms with Gasteiger partial charge in [0.05, 0.1) is 0 Å². The smallest absolute Gasteiger partial charge is 0.225 e. The number of piperidine rings is 1. The van der Waals surface area contributed by atoms with Crippen LogP contribution in [0.2, 0.25) is 0 Å². The summed E-state index contributed by atoms with van der Waals surface area (Å²) in [4.78, 5) is 14.7. The zero-order valence-corrected chi connectivity index (χ0v) is 11.9. The molecule has 1 amide bonds. The van der Waals surface area contributed by atoms with Crippen molar-refractivity contribution >= 4 is 5.91 Å². The van der Waals surface area contributed by atoms with Crippen LogP contribution in [0.1, 0.15) is 52.4 Å². The highest BCUT2D eigenvalue weighted by Gasteiger charge is 2.34. The monoisotopic (exact) mass is 252 g/mol. The summed E-state index contributed by atoms with van der Waals surface area (Å²) in [5, 5.41) is 0. The van der Waals surface area contributed by atoms with Crippen LogP contribution in [-0.4, -0.2) is 29.9 Å². The van der Waals surface area contributed by atoms with Gasteiger partial charge in [0.15, 0.2) is 0 Å². The molecule has 1 aliphatic carbocycles. The second-order valence-electron chi connectivity index (χ2n) is 6.51. The Balaban J connectivity index is 1.95. The van der Waals surface area contributed by atoms with Gasteiger partial charge in [0.2, 0.25) is 5.91 Å². The van der Waals surface area contributed by atoms with E-state index in [0.29, 0.717) is 24.4 Å². The van der Waals surface area contributed by atoms with Gasteiger partial charge in [-0.15, -0.1) is 0 Å². The highest BCUT2D eigenvalue weighted by Crippen LogP contribution is 2.32. The first-order valence-corrected chi connectivity index (χ1v) is 7.62. The summed E-state index contributed by atoms with van der Waals surface area (Å²) in [5.41, 5.74) is 5.85. The lowest BCUT2D eigenvalue weighted by Gasteiger charge is -2.40. The minimum absolute atomic E-state index is 0.281. The Labute approximate surface area is 111 Å². The molecular formula is C15H28N2O. The number of carbonyl (C=O) groups excluding carboxylic acids is 1. The maximum atomic E-state index is 12.6. The minimum atomic E-state index is 0.281. The van der Waals surface area contributed by atoms with Gasteiger partial charge in [-0.2, -0.15) is 0 Å². The number of likely N-dealkylation sites (tertiary alicyclic amines) is 1. The van der Waals surface area contributed by atoms with E-state index in [1.165, 1.54) is 12.8 Å². The number of rotatable bonds is 2. The molecule has 1 aliphatic heterocycles. The van der Waals surface area contributed by atoms with Crippen LogP contribution >= 0.6 is 0 Å². The Morgan fingerprint density at radius 3 is 2.39 bits per heavy atom. The lowest BCUT2D eigenvalue weighted by atomic mass is 9.81. The molecule has 0 spiro atoms. The van der Waals surface area contributed by atoms with Crippen molar-refractivity contribution in [2.75, 3.05) is 13.1 Å². The van der Waals surface area contributed by atoms with Crippen LogP contribution in [0.25, 0.3) is 0 Å². The van der Waals surface area contributed by atoms with Crippen molar-refractivity contribution in [1.29, 1.82) is 0 Å². The van der Waals surface area contributed by atoms with E-state index < -0.39 is 0 Å². The van der Waals surface area contributed by atoms with Crippen molar-refractivity contribution in [3.05, 3.63) is 0 Å².